The highest BCUT2D eigenvalue weighted by Crippen LogP contribution is 2.49. The van der Waals surface area contributed by atoms with Crippen molar-refractivity contribution in [2.75, 3.05) is 13.2 Å². The number of carbonyl (C=O) groups excluding carboxylic acids is 1. The minimum Gasteiger partial charge on any atom is -0.396 e. The summed E-state index contributed by atoms with van der Waals surface area (Å²) in [5.41, 5.74) is 5.70. The number of hydrogen-bond donors (Lipinski definition) is 2. The molecule has 184 valence electrons. The molecule has 0 radical (unpaired) electrons. The summed E-state index contributed by atoms with van der Waals surface area (Å²) in [6.07, 6.45) is 8.27. The predicted octanol–water partition coefficient (Wildman–Crippen LogP) is 3.07. The van der Waals surface area contributed by atoms with Crippen molar-refractivity contribution in [2.24, 2.45) is 11.8 Å². The van der Waals surface area contributed by atoms with Gasteiger partial charge in [0.05, 0.1) is 12.1 Å². The first-order chi connectivity index (χ1) is 17.1. The Kier molecular flexibility index (Phi) is 5.89. The Morgan fingerprint density at radius 2 is 1.89 bits per heavy atom. The molecule has 0 spiro atoms. The third-order valence-electron chi connectivity index (χ3n) is 8.86. The van der Waals surface area contributed by atoms with Crippen molar-refractivity contribution < 1.29 is 9.90 Å². The molecule has 35 heavy (non-hydrogen) atoms. The maximum atomic E-state index is 13.6. The van der Waals surface area contributed by atoms with Gasteiger partial charge in [0.25, 0.3) is 5.56 Å². The molecule has 1 fully saturated rings. The summed E-state index contributed by atoms with van der Waals surface area (Å²) in [5, 5.41) is 13.8. The Balaban J connectivity index is 1.27. The second-order valence-corrected chi connectivity index (χ2v) is 10.7. The molecule has 2 aliphatic heterocycles. The van der Waals surface area contributed by atoms with Gasteiger partial charge in [-0.25, -0.2) is 0 Å². The van der Waals surface area contributed by atoms with Gasteiger partial charge in [-0.05, 0) is 73.9 Å². The lowest BCUT2D eigenvalue weighted by molar-refractivity contribution is -0.128. The highest BCUT2D eigenvalue weighted by atomic mass is 16.3. The molecule has 1 amide bonds. The molecule has 4 aliphatic rings. The summed E-state index contributed by atoms with van der Waals surface area (Å²) >= 11 is 0. The molecule has 1 aromatic carbocycles. The monoisotopic (exact) mass is 473 g/mol. The first-order valence-electron chi connectivity index (χ1n) is 13.3. The van der Waals surface area contributed by atoms with Crippen LogP contribution in [0.5, 0.6) is 0 Å². The molecule has 3 heterocycles. The predicted molar refractivity (Wildman–Crippen MR) is 136 cm³/mol. The van der Waals surface area contributed by atoms with Gasteiger partial charge in [0.15, 0.2) is 0 Å². The third-order valence-corrected chi connectivity index (χ3v) is 8.86. The summed E-state index contributed by atoms with van der Waals surface area (Å²) in [6, 6.07) is 12.2. The van der Waals surface area contributed by atoms with Crippen LogP contribution in [0.25, 0.3) is 5.57 Å². The molecule has 6 nitrogen and oxygen atoms in total. The third kappa shape index (κ3) is 3.69. The number of hydrogen-bond acceptors (Lipinski definition) is 4. The summed E-state index contributed by atoms with van der Waals surface area (Å²) in [6.45, 7) is 3.29. The van der Waals surface area contributed by atoms with Gasteiger partial charge in [-0.1, -0.05) is 37.3 Å². The van der Waals surface area contributed by atoms with Crippen LogP contribution in [0.4, 0.5) is 0 Å². The van der Waals surface area contributed by atoms with Crippen LogP contribution in [0.15, 0.2) is 47.3 Å². The van der Waals surface area contributed by atoms with Crippen molar-refractivity contribution in [1.29, 1.82) is 0 Å². The zero-order chi connectivity index (χ0) is 24.1. The second-order valence-electron chi connectivity index (χ2n) is 10.7. The lowest BCUT2D eigenvalue weighted by atomic mass is 9.88. The lowest BCUT2D eigenvalue weighted by Gasteiger charge is -2.30. The average molecular weight is 474 g/mol. The first kappa shape index (κ1) is 22.7. The molecule has 4 atom stereocenters. The molecule has 1 saturated heterocycles. The van der Waals surface area contributed by atoms with Crippen molar-refractivity contribution in [3.8, 4) is 0 Å². The zero-order valence-corrected chi connectivity index (χ0v) is 20.5. The SMILES string of the molecule is CCN1[C@H](C(=O)NC2Cc3ccccc3C2)[C@@H](CO)[C@@H]2Cn3c(ccc(C4=CCCCC4)c3=O)[C@@H]21. The number of aliphatic hydroxyl groups is 1. The van der Waals surface area contributed by atoms with E-state index in [0.29, 0.717) is 13.1 Å². The van der Waals surface area contributed by atoms with E-state index in [1.165, 1.54) is 23.1 Å². The average Bonchev–Trinajstić information content (AvgIpc) is 3.54. The van der Waals surface area contributed by atoms with Crippen LogP contribution >= 0.6 is 0 Å². The minimum atomic E-state index is -0.381. The molecule has 0 unspecified atom stereocenters. The standard InChI is InChI=1S/C29H35N3O3/c1-2-31-26-23(16-32-25(26)13-12-22(29(32)35)18-8-4-3-5-9-18)24(17-33)27(31)28(34)30-21-14-19-10-6-7-11-20(19)15-21/h6-8,10-13,21,23-24,26-27,33H,2-5,9,14-17H2,1H3,(H,30,34)/t23-,24-,26+,27-/m0/s1. The molecule has 6 rings (SSSR count). The first-order valence-corrected chi connectivity index (χ1v) is 13.3. The normalized spacial score (nSPS) is 27.9. The van der Waals surface area contributed by atoms with Crippen LogP contribution in [0.1, 0.15) is 61.0 Å². The number of nitrogens with zero attached hydrogens (tertiary/aromatic N) is 2. The maximum Gasteiger partial charge on any atom is 0.258 e. The van der Waals surface area contributed by atoms with Crippen molar-refractivity contribution in [3.05, 3.63) is 75.2 Å². The number of amides is 1. The zero-order valence-electron chi connectivity index (χ0n) is 20.5. The number of aromatic nitrogens is 1. The number of pyridine rings is 1. The molecular formula is C29H35N3O3. The highest BCUT2D eigenvalue weighted by molar-refractivity contribution is 5.83. The van der Waals surface area contributed by atoms with Gasteiger partial charge < -0.3 is 15.0 Å². The number of carbonyl (C=O) groups is 1. The molecule has 0 saturated carbocycles. The molecular weight excluding hydrogens is 438 g/mol. The summed E-state index contributed by atoms with van der Waals surface area (Å²) in [7, 11) is 0. The summed E-state index contributed by atoms with van der Waals surface area (Å²) in [4.78, 5) is 29.3. The van der Waals surface area contributed by atoms with E-state index in [1.54, 1.807) is 0 Å². The fourth-order valence-electron chi connectivity index (χ4n) is 7.26. The Bertz CT molecular complexity index is 1210. The molecule has 1 aromatic heterocycles. The lowest BCUT2D eigenvalue weighted by Crippen LogP contribution is -2.51. The van der Waals surface area contributed by atoms with Gasteiger partial charge in [0, 0.05) is 42.3 Å². The van der Waals surface area contributed by atoms with Crippen LogP contribution < -0.4 is 10.9 Å². The fraction of sp³-hybridized carbons (Fsp3) is 0.517. The number of nitrogens with one attached hydrogen (secondary N) is 1. The Labute approximate surface area is 206 Å². The van der Waals surface area contributed by atoms with E-state index in [9.17, 15) is 14.7 Å². The van der Waals surface area contributed by atoms with Crippen LogP contribution in [0.2, 0.25) is 0 Å². The van der Waals surface area contributed by atoms with E-state index in [4.69, 9.17) is 0 Å². The molecule has 0 bridgehead atoms. The number of likely N-dealkylation sites (tertiary alicyclic amines) is 1. The number of allylic oxidation sites excluding steroid dienone is 2. The van der Waals surface area contributed by atoms with E-state index in [2.05, 4.69) is 53.5 Å². The second kappa shape index (κ2) is 9.07. The van der Waals surface area contributed by atoms with Crippen molar-refractivity contribution in [3.63, 3.8) is 0 Å². The molecule has 2 N–H and O–H groups in total. The van der Waals surface area contributed by atoms with Crippen molar-refractivity contribution in [1.82, 2.24) is 14.8 Å². The van der Waals surface area contributed by atoms with E-state index in [0.717, 1.165) is 43.4 Å². The Morgan fingerprint density at radius 1 is 1.11 bits per heavy atom. The number of fused-ring (bicyclic) bond motifs is 4. The smallest absolute Gasteiger partial charge is 0.258 e. The van der Waals surface area contributed by atoms with E-state index < -0.39 is 0 Å². The number of rotatable bonds is 5. The highest BCUT2D eigenvalue weighted by Gasteiger charge is 2.55. The van der Waals surface area contributed by atoms with Crippen LogP contribution in [-0.4, -0.2) is 45.7 Å². The van der Waals surface area contributed by atoms with Gasteiger partial charge in [-0.3, -0.25) is 14.5 Å². The maximum absolute atomic E-state index is 13.6. The summed E-state index contributed by atoms with van der Waals surface area (Å²) in [5.74, 6) is -0.129. The summed E-state index contributed by atoms with van der Waals surface area (Å²) < 4.78 is 1.92. The largest absolute Gasteiger partial charge is 0.396 e. The van der Waals surface area contributed by atoms with Crippen LogP contribution in [0.3, 0.4) is 0 Å². The van der Waals surface area contributed by atoms with Crippen molar-refractivity contribution in [2.45, 2.75) is 70.1 Å². The molecule has 2 aromatic rings. The van der Waals surface area contributed by atoms with Gasteiger partial charge in [-0.15, -0.1) is 0 Å². The minimum absolute atomic E-state index is 0.0102. The van der Waals surface area contributed by atoms with E-state index in [1.807, 2.05) is 10.6 Å². The van der Waals surface area contributed by atoms with Crippen LogP contribution in [0, 0.1) is 11.8 Å². The quantitative estimate of drug-likeness (QED) is 0.700. The van der Waals surface area contributed by atoms with Gasteiger partial charge in [0.1, 0.15) is 0 Å². The molecule has 2 aliphatic carbocycles. The Hall–Kier alpha value is -2.70. The Morgan fingerprint density at radius 3 is 2.54 bits per heavy atom. The van der Waals surface area contributed by atoms with E-state index >= 15 is 0 Å². The van der Waals surface area contributed by atoms with Gasteiger partial charge in [0.2, 0.25) is 5.91 Å². The van der Waals surface area contributed by atoms with E-state index in [-0.39, 0.29) is 48.0 Å². The molecule has 6 heteroatoms. The van der Waals surface area contributed by atoms with Gasteiger partial charge in [-0.2, -0.15) is 0 Å². The van der Waals surface area contributed by atoms with Crippen molar-refractivity contribution >= 4 is 11.5 Å². The number of likely N-dealkylation sites (N-methyl/N-ethyl adjacent to an activating group) is 1. The number of benzene rings is 1. The van der Waals surface area contributed by atoms with Gasteiger partial charge >= 0.3 is 0 Å². The topological polar surface area (TPSA) is 74.6 Å². The fourth-order valence-corrected chi connectivity index (χ4v) is 7.26. The number of aliphatic hydroxyl groups excluding tert-OH is 1. The van der Waals surface area contributed by atoms with Crippen LogP contribution in [-0.2, 0) is 24.2 Å².